The highest BCUT2D eigenvalue weighted by Gasteiger charge is 2.11. The van der Waals surface area contributed by atoms with Gasteiger partial charge in [-0.15, -0.1) is 0 Å². The van der Waals surface area contributed by atoms with Crippen molar-refractivity contribution in [2.75, 3.05) is 0 Å². The van der Waals surface area contributed by atoms with Crippen LogP contribution >= 0.6 is 11.6 Å². The summed E-state index contributed by atoms with van der Waals surface area (Å²) in [7, 11) is 0. The van der Waals surface area contributed by atoms with Crippen LogP contribution in [0, 0.1) is 0 Å². The second-order valence-electron chi connectivity index (χ2n) is 4.68. The van der Waals surface area contributed by atoms with Gasteiger partial charge in [-0.2, -0.15) is 0 Å². The lowest BCUT2D eigenvalue weighted by atomic mass is 10.2. The highest BCUT2D eigenvalue weighted by Crippen LogP contribution is 2.28. The molecule has 0 spiro atoms. The maximum absolute atomic E-state index is 9.89. The van der Waals surface area contributed by atoms with E-state index in [-0.39, 0.29) is 5.75 Å². The lowest BCUT2D eigenvalue weighted by molar-refractivity contribution is 0.480. The Balaban J connectivity index is 1.93. The molecule has 2 heterocycles. The maximum atomic E-state index is 9.89. The first kappa shape index (κ1) is 12.2. The van der Waals surface area contributed by atoms with Gasteiger partial charge in [-0.1, -0.05) is 29.8 Å². The molecule has 0 saturated carbocycles. The molecule has 0 fully saturated rings. The Morgan fingerprint density at radius 1 is 1.00 bits per heavy atom. The molecule has 0 bridgehead atoms. The third-order valence-corrected chi connectivity index (χ3v) is 3.50. The van der Waals surface area contributed by atoms with Crippen LogP contribution in [0.5, 0.6) is 5.75 Å². The van der Waals surface area contributed by atoms with Gasteiger partial charge in [0.15, 0.2) is 5.58 Å². The molecule has 0 aliphatic rings. The summed E-state index contributed by atoms with van der Waals surface area (Å²) in [6.45, 7) is 0. The van der Waals surface area contributed by atoms with E-state index in [4.69, 9.17) is 16.0 Å². The number of hydrogen-bond donors (Lipinski definition) is 1. The fourth-order valence-corrected chi connectivity index (χ4v) is 2.43. The smallest absolute Gasteiger partial charge is 0.246 e. The molecule has 2 aromatic carbocycles. The Bertz CT molecular complexity index is 979. The number of phenols is 1. The molecule has 0 atom stereocenters. The number of oxazole rings is 1. The predicted molar refractivity (Wildman–Crippen MR) is 81.4 cm³/mol. The van der Waals surface area contributed by atoms with Gasteiger partial charge in [-0.05, 0) is 30.3 Å². The zero-order valence-electron chi connectivity index (χ0n) is 10.7. The summed E-state index contributed by atoms with van der Waals surface area (Å²) in [6, 6.07) is 14.2. The number of fused-ring (bicyclic) bond motifs is 2. The second kappa shape index (κ2) is 4.46. The van der Waals surface area contributed by atoms with Gasteiger partial charge >= 0.3 is 0 Å². The molecule has 0 amide bonds. The van der Waals surface area contributed by atoms with Crippen molar-refractivity contribution in [3.8, 4) is 17.3 Å². The second-order valence-corrected chi connectivity index (χ2v) is 5.11. The largest absolute Gasteiger partial charge is 0.506 e. The van der Waals surface area contributed by atoms with Crippen LogP contribution in [0.15, 0.2) is 52.9 Å². The van der Waals surface area contributed by atoms with Crippen LogP contribution in [0.4, 0.5) is 0 Å². The van der Waals surface area contributed by atoms with Gasteiger partial charge in [0.2, 0.25) is 5.89 Å². The van der Waals surface area contributed by atoms with Crippen LogP contribution < -0.4 is 0 Å². The van der Waals surface area contributed by atoms with Crippen molar-refractivity contribution in [3.63, 3.8) is 0 Å². The number of para-hydroxylation sites is 1. The molecular weight excluding hydrogens is 288 g/mol. The molecule has 5 heteroatoms. The van der Waals surface area contributed by atoms with Crippen molar-refractivity contribution in [3.05, 3.63) is 53.6 Å². The van der Waals surface area contributed by atoms with E-state index < -0.39 is 0 Å². The number of halogens is 1. The summed E-state index contributed by atoms with van der Waals surface area (Å²) in [4.78, 5) is 8.81. The first-order valence-corrected chi connectivity index (χ1v) is 6.74. The van der Waals surface area contributed by atoms with E-state index in [1.54, 1.807) is 30.3 Å². The normalized spacial score (nSPS) is 11.3. The molecule has 1 N–H and O–H groups in total. The molecular formula is C16H9ClN2O2. The number of aromatic hydroxyl groups is 1. The van der Waals surface area contributed by atoms with Gasteiger partial charge < -0.3 is 9.52 Å². The Morgan fingerprint density at radius 3 is 2.81 bits per heavy atom. The zero-order valence-corrected chi connectivity index (χ0v) is 11.5. The monoisotopic (exact) mass is 296 g/mol. The van der Waals surface area contributed by atoms with Gasteiger partial charge in [0.05, 0.1) is 0 Å². The van der Waals surface area contributed by atoms with E-state index >= 15 is 0 Å². The topological polar surface area (TPSA) is 59.2 Å². The standard InChI is InChI=1S/C16H9ClN2O2/c17-10-5-7-14-12(8-10)19-16(21-14)11-6-4-9-2-1-3-13(20)15(9)18-11/h1-8,20H. The SMILES string of the molecule is Oc1cccc2ccc(-c3nc4cc(Cl)ccc4o3)nc12. The molecule has 0 radical (unpaired) electrons. The average molecular weight is 297 g/mol. The van der Waals surface area contributed by atoms with Crippen LogP contribution in [0.3, 0.4) is 0 Å². The fourth-order valence-electron chi connectivity index (χ4n) is 2.26. The van der Waals surface area contributed by atoms with Crippen LogP contribution in [-0.2, 0) is 0 Å². The number of hydrogen-bond acceptors (Lipinski definition) is 4. The van der Waals surface area contributed by atoms with E-state index in [1.807, 2.05) is 18.2 Å². The maximum Gasteiger partial charge on any atom is 0.246 e. The van der Waals surface area contributed by atoms with Crippen LogP contribution in [-0.4, -0.2) is 15.1 Å². The Kier molecular flexibility index (Phi) is 2.59. The van der Waals surface area contributed by atoms with E-state index in [1.165, 1.54) is 0 Å². The van der Waals surface area contributed by atoms with Crippen LogP contribution in [0.2, 0.25) is 5.02 Å². The number of nitrogens with zero attached hydrogens (tertiary/aromatic N) is 2. The molecule has 2 aromatic heterocycles. The van der Waals surface area contributed by atoms with Crippen molar-refractivity contribution >= 4 is 33.6 Å². The van der Waals surface area contributed by atoms with Crippen molar-refractivity contribution in [1.29, 1.82) is 0 Å². The number of phenolic OH excluding ortho intramolecular Hbond substituents is 1. The molecule has 0 aliphatic carbocycles. The van der Waals surface area contributed by atoms with Gasteiger partial charge in [-0.25, -0.2) is 9.97 Å². The van der Waals surface area contributed by atoms with Crippen molar-refractivity contribution in [2.45, 2.75) is 0 Å². The number of aromatic nitrogens is 2. The molecule has 21 heavy (non-hydrogen) atoms. The van der Waals surface area contributed by atoms with Crippen molar-refractivity contribution in [1.82, 2.24) is 9.97 Å². The first-order valence-electron chi connectivity index (χ1n) is 6.36. The highest BCUT2D eigenvalue weighted by atomic mass is 35.5. The highest BCUT2D eigenvalue weighted by molar-refractivity contribution is 6.31. The Hall–Kier alpha value is -2.59. The predicted octanol–water partition coefficient (Wildman–Crippen LogP) is 4.40. The van der Waals surface area contributed by atoms with E-state index in [2.05, 4.69) is 9.97 Å². The van der Waals surface area contributed by atoms with E-state index in [0.717, 1.165) is 5.39 Å². The first-order chi connectivity index (χ1) is 10.2. The van der Waals surface area contributed by atoms with E-state index in [0.29, 0.717) is 33.2 Å². The average Bonchev–Trinajstić information content (AvgIpc) is 2.90. The lowest BCUT2D eigenvalue weighted by Gasteiger charge is -2.01. The van der Waals surface area contributed by atoms with Crippen molar-refractivity contribution < 1.29 is 9.52 Å². The van der Waals surface area contributed by atoms with Gasteiger partial charge in [0, 0.05) is 10.4 Å². The third-order valence-electron chi connectivity index (χ3n) is 3.27. The summed E-state index contributed by atoms with van der Waals surface area (Å²) in [6.07, 6.45) is 0. The zero-order chi connectivity index (χ0) is 14.4. The third kappa shape index (κ3) is 2.00. The number of rotatable bonds is 1. The molecule has 4 aromatic rings. The van der Waals surface area contributed by atoms with Crippen LogP contribution in [0.1, 0.15) is 0 Å². The minimum absolute atomic E-state index is 0.133. The minimum atomic E-state index is 0.133. The number of pyridine rings is 1. The molecule has 0 unspecified atom stereocenters. The lowest BCUT2D eigenvalue weighted by Crippen LogP contribution is -1.85. The summed E-state index contributed by atoms with van der Waals surface area (Å²) in [5, 5.41) is 11.4. The molecule has 0 aliphatic heterocycles. The molecule has 102 valence electrons. The molecule has 4 nitrogen and oxygen atoms in total. The van der Waals surface area contributed by atoms with Gasteiger partial charge in [0.1, 0.15) is 22.5 Å². The van der Waals surface area contributed by atoms with Crippen LogP contribution in [0.25, 0.3) is 33.6 Å². The van der Waals surface area contributed by atoms with Gasteiger partial charge in [0.25, 0.3) is 0 Å². The Morgan fingerprint density at radius 2 is 1.90 bits per heavy atom. The summed E-state index contributed by atoms with van der Waals surface area (Å²) in [5.41, 5.74) is 2.41. The summed E-state index contributed by atoms with van der Waals surface area (Å²) >= 11 is 5.94. The number of benzene rings is 2. The summed E-state index contributed by atoms with van der Waals surface area (Å²) in [5.74, 6) is 0.533. The van der Waals surface area contributed by atoms with E-state index in [9.17, 15) is 5.11 Å². The van der Waals surface area contributed by atoms with Crippen molar-refractivity contribution in [2.24, 2.45) is 0 Å². The molecule has 0 saturated heterocycles. The van der Waals surface area contributed by atoms with Gasteiger partial charge in [-0.3, -0.25) is 0 Å². The quantitative estimate of drug-likeness (QED) is 0.565. The summed E-state index contributed by atoms with van der Waals surface area (Å²) < 4.78 is 5.68. The fraction of sp³-hybridized carbons (Fsp3) is 0. The Labute approximate surface area is 124 Å². The minimum Gasteiger partial charge on any atom is -0.506 e. The molecule has 4 rings (SSSR count).